The van der Waals surface area contributed by atoms with Gasteiger partial charge in [-0.2, -0.15) is 5.26 Å². The fourth-order valence-electron chi connectivity index (χ4n) is 1.32. The van der Waals surface area contributed by atoms with Crippen molar-refractivity contribution in [2.75, 3.05) is 13.7 Å². The van der Waals surface area contributed by atoms with E-state index in [4.69, 9.17) is 10.00 Å². The fraction of sp³-hybridized carbons (Fsp3) is 0.875. The summed E-state index contributed by atoms with van der Waals surface area (Å²) in [5, 5.41) is 11.8. The smallest absolute Gasteiger partial charge is 0.130 e. The van der Waals surface area contributed by atoms with Crippen LogP contribution in [0, 0.1) is 11.3 Å². The Morgan fingerprint density at radius 2 is 2.45 bits per heavy atom. The average Bonchev–Trinajstić information content (AvgIpc) is 2.55. The van der Waals surface area contributed by atoms with Crippen LogP contribution in [0.5, 0.6) is 0 Å². The van der Waals surface area contributed by atoms with Crippen molar-refractivity contribution in [2.24, 2.45) is 0 Å². The predicted molar refractivity (Wildman–Crippen MR) is 42.1 cm³/mol. The molecular formula is C8H14N2O. The first kappa shape index (κ1) is 8.51. The normalized spacial score (nSPS) is 29.4. The molecule has 0 aromatic carbocycles. The Labute approximate surface area is 67.3 Å². The molecule has 1 rings (SSSR count). The first-order chi connectivity index (χ1) is 5.23. The third-order valence-electron chi connectivity index (χ3n) is 2.33. The standard InChI is InChI=1S/C8H14N2O/c1-8(6-9,10-2)7-4-3-5-11-7/h7,10H,3-5H2,1-2H3. The lowest BCUT2D eigenvalue weighted by molar-refractivity contribution is 0.0621. The van der Waals surface area contributed by atoms with Crippen molar-refractivity contribution in [1.82, 2.24) is 5.32 Å². The summed E-state index contributed by atoms with van der Waals surface area (Å²) in [4.78, 5) is 0. The lowest BCUT2D eigenvalue weighted by Gasteiger charge is -2.26. The Morgan fingerprint density at radius 1 is 1.73 bits per heavy atom. The Kier molecular flexibility index (Phi) is 2.48. The second-order valence-electron chi connectivity index (χ2n) is 3.07. The zero-order valence-electron chi connectivity index (χ0n) is 7.05. The topological polar surface area (TPSA) is 45.0 Å². The van der Waals surface area contributed by atoms with Gasteiger partial charge >= 0.3 is 0 Å². The third-order valence-corrected chi connectivity index (χ3v) is 2.33. The van der Waals surface area contributed by atoms with Gasteiger partial charge in [0.1, 0.15) is 5.54 Å². The molecule has 3 heteroatoms. The second-order valence-corrected chi connectivity index (χ2v) is 3.07. The molecule has 0 spiro atoms. The van der Waals surface area contributed by atoms with Gasteiger partial charge in [0.25, 0.3) is 0 Å². The van der Waals surface area contributed by atoms with E-state index >= 15 is 0 Å². The Hall–Kier alpha value is -0.590. The van der Waals surface area contributed by atoms with Gasteiger partial charge in [-0.25, -0.2) is 0 Å². The molecule has 1 saturated heterocycles. The fourth-order valence-corrected chi connectivity index (χ4v) is 1.32. The van der Waals surface area contributed by atoms with Crippen LogP contribution in [-0.4, -0.2) is 25.3 Å². The summed E-state index contributed by atoms with van der Waals surface area (Å²) in [6.45, 7) is 2.67. The minimum absolute atomic E-state index is 0.0671. The van der Waals surface area contributed by atoms with Crippen LogP contribution in [0.2, 0.25) is 0 Å². The number of nitriles is 1. The maximum absolute atomic E-state index is 8.85. The number of likely N-dealkylation sites (N-methyl/N-ethyl adjacent to an activating group) is 1. The van der Waals surface area contributed by atoms with E-state index in [1.54, 1.807) is 7.05 Å². The Bertz CT molecular complexity index is 169. The summed E-state index contributed by atoms with van der Waals surface area (Å²) in [6.07, 6.45) is 2.13. The quantitative estimate of drug-likeness (QED) is 0.635. The molecule has 0 aliphatic carbocycles. The highest BCUT2D eigenvalue weighted by molar-refractivity contribution is 5.09. The molecular weight excluding hydrogens is 140 g/mol. The minimum atomic E-state index is -0.503. The van der Waals surface area contributed by atoms with E-state index in [0.717, 1.165) is 19.4 Å². The molecule has 2 unspecified atom stereocenters. The van der Waals surface area contributed by atoms with E-state index in [1.165, 1.54) is 0 Å². The molecule has 11 heavy (non-hydrogen) atoms. The van der Waals surface area contributed by atoms with Crippen molar-refractivity contribution < 1.29 is 4.74 Å². The molecule has 1 heterocycles. The first-order valence-electron chi connectivity index (χ1n) is 3.94. The number of rotatable bonds is 2. The van der Waals surface area contributed by atoms with Gasteiger partial charge in [-0.05, 0) is 26.8 Å². The van der Waals surface area contributed by atoms with Crippen molar-refractivity contribution >= 4 is 0 Å². The maximum atomic E-state index is 8.85. The molecule has 0 bridgehead atoms. The van der Waals surface area contributed by atoms with Crippen molar-refractivity contribution in [3.63, 3.8) is 0 Å². The zero-order chi connectivity index (χ0) is 8.32. The predicted octanol–water partition coefficient (Wildman–Crippen LogP) is 0.667. The zero-order valence-corrected chi connectivity index (χ0v) is 7.05. The Balaban J connectivity index is 2.61. The average molecular weight is 154 g/mol. The highest BCUT2D eigenvalue weighted by atomic mass is 16.5. The number of ether oxygens (including phenoxy) is 1. The third kappa shape index (κ3) is 1.52. The number of nitrogens with one attached hydrogen (secondary N) is 1. The molecule has 1 N–H and O–H groups in total. The number of nitrogens with zero attached hydrogens (tertiary/aromatic N) is 1. The van der Waals surface area contributed by atoms with Gasteiger partial charge in [-0.3, -0.25) is 0 Å². The van der Waals surface area contributed by atoms with Gasteiger partial charge in [-0.1, -0.05) is 0 Å². The molecule has 0 aromatic heterocycles. The highest BCUT2D eigenvalue weighted by Crippen LogP contribution is 2.22. The summed E-state index contributed by atoms with van der Waals surface area (Å²) >= 11 is 0. The highest BCUT2D eigenvalue weighted by Gasteiger charge is 2.35. The number of hydrogen-bond acceptors (Lipinski definition) is 3. The van der Waals surface area contributed by atoms with Gasteiger partial charge in [0.05, 0.1) is 12.2 Å². The van der Waals surface area contributed by atoms with Crippen LogP contribution in [0.1, 0.15) is 19.8 Å². The van der Waals surface area contributed by atoms with Crippen molar-refractivity contribution in [2.45, 2.75) is 31.4 Å². The molecule has 0 amide bonds. The van der Waals surface area contributed by atoms with Crippen LogP contribution in [0.15, 0.2) is 0 Å². The molecule has 1 aliphatic rings. The number of hydrogen-bond donors (Lipinski definition) is 1. The largest absolute Gasteiger partial charge is 0.375 e. The van der Waals surface area contributed by atoms with E-state index in [9.17, 15) is 0 Å². The van der Waals surface area contributed by atoms with Gasteiger partial charge in [0.2, 0.25) is 0 Å². The van der Waals surface area contributed by atoms with E-state index in [1.807, 2.05) is 6.92 Å². The maximum Gasteiger partial charge on any atom is 0.130 e. The summed E-state index contributed by atoms with van der Waals surface area (Å²) in [6, 6.07) is 2.23. The molecule has 0 saturated carbocycles. The molecule has 0 radical (unpaired) electrons. The van der Waals surface area contributed by atoms with Gasteiger partial charge in [0, 0.05) is 6.61 Å². The van der Waals surface area contributed by atoms with Crippen LogP contribution >= 0.6 is 0 Å². The van der Waals surface area contributed by atoms with Crippen molar-refractivity contribution in [3.05, 3.63) is 0 Å². The monoisotopic (exact) mass is 154 g/mol. The van der Waals surface area contributed by atoms with Gasteiger partial charge in [-0.15, -0.1) is 0 Å². The first-order valence-corrected chi connectivity index (χ1v) is 3.94. The lowest BCUT2D eigenvalue weighted by Crippen LogP contribution is -2.48. The molecule has 2 atom stereocenters. The molecule has 1 fully saturated rings. The van der Waals surface area contributed by atoms with Gasteiger partial charge < -0.3 is 10.1 Å². The minimum Gasteiger partial charge on any atom is -0.375 e. The molecule has 62 valence electrons. The second kappa shape index (κ2) is 3.21. The summed E-state index contributed by atoms with van der Waals surface area (Å²) < 4.78 is 5.41. The lowest BCUT2D eigenvalue weighted by atomic mass is 9.95. The SMILES string of the molecule is CNC(C)(C#N)C1CCCO1. The van der Waals surface area contributed by atoms with Crippen LogP contribution in [0.4, 0.5) is 0 Å². The van der Waals surface area contributed by atoms with Crippen molar-refractivity contribution in [1.29, 1.82) is 5.26 Å². The van der Waals surface area contributed by atoms with Crippen molar-refractivity contribution in [3.8, 4) is 6.07 Å². The van der Waals surface area contributed by atoms with E-state index in [0.29, 0.717) is 0 Å². The van der Waals surface area contributed by atoms with Crippen LogP contribution in [0.25, 0.3) is 0 Å². The van der Waals surface area contributed by atoms with Crippen LogP contribution in [0.3, 0.4) is 0 Å². The Morgan fingerprint density at radius 3 is 2.82 bits per heavy atom. The summed E-state index contributed by atoms with van der Waals surface area (Å²) in [5.74, 6) is 0. The van der Waals surface area contributed by atoms with E-state index < -0.39 is 5.54 Å². The van der Waals surface area contributed by atoms with E-state index in [-0.39, 0.29) is 6.10 Å². The van der Waals surface area contributed by atoms with E-state index in [2.05, 4.69) is 11.4 Å². The molecule has 3 nitrogen and oxygen atoms in total. The van der Waals surface area contributed by atoms with Crippen LogP contribution < -0.4 is 5.32 Å². The summed E-state index contributed by atoms with van der Waals surface area (Å²) in [7, 11) is 1.80. The molecule has 0 aromatic rings. The summed E-state index contributed by atoms with van der Waals surface area (Å²) in [5.41, 5.74) is -0.503. The van der Waals surface area contributed by atoms with Gasteiger partial charge in [0.15, 0.2) is 0 Å². The molecule has 1 aliphatic heterocycles. The van der Waals surface area contributed by atoms with Crippen LogP contribution in [-0.2, 0) is 4.74 Å².